The van der Waals surface area contributed by atoms with Gasteiger partial charge >= 0.3 is 0 Å². The summed E-state index contributed by atoms with van der Waals surface area (Å²) < 4.78 is 26.4. The average molecular weight is 488 g/mol. The van der Waals surface area contributed by atoms with E-state index in [0.29, 0.717) is 11.8 Å². The molecule has 0 unspecified atom stereocenters. The van der Waals surface area contributed by atoms with Crippen molar-refractivity contribution in [3.63, 3.8) is 0 Å². The van der Waals surface area contributed by atoms with Crippen LogP contribution in [0.2, 0.25) is 0 Å². The molecule has 0 aliphatic heterocycles. The van der Waals surface area contributed by atoms with Gasteiger partial charge in [0.2, 0.25) is 5.91 Å². The largest absolute Gasteiger partial charge is 0.382 e. The zero-order chi connectivity index (χ0) is 24.7. The molecular weight excluding hydrogens is 464 g/mol. The third-order valence-electron chi connectivity index (χ3n) is 4.74. The molecule has 0 saturated heterocycles. The molecule has 178 valence electrons. The van der Waals surface area contributed by atoms with Crippen LogP contribution in [0.25, 0.3) is 0 Å². The minimum Gasteiger partial charge on any atom is -0.382 e. The van der Waals surface area contributed by atoms with Crippen LogP contribution in [0.15, 0.2) is 52.4 Å². The predicted octanol–water partition coefficient (Wildman–Crippen LogP) is 3.96. The summed E-state index contributed by atoms with van der Waals surface area (Å²) in [6, 6.07) is 10.1. The molecule has 0 atom stereocenters. The summed E-state index contributed by atoms with van der Waals surface area (Å²) in [5, 5.41) is 5.08. The average Bonchev–Trinajstić information content (AvgIpc) is 2.81. The molecule has 3 rings (SSSR count). The number of H-pyrrole nitrogens is 1. The molecule has 2 aromatic carbocycles. The Morgan fingerprint density at radius 3 is 2.47 bits per heavy atom. The second-order valence-corrected chi connectivity index (χ2v) is 8.32. The lowest BCUT2D eigenvalue weighted by atomic mass is 10.1. The first kappa shape index (κ1) is 24.9. The molecular formula is C23H23F2N5O3S. The lowest BCUT2D eigenvalue weighted by Crippen LogP contribution is -2.23. The number of nitrogens with two attached hydrogens (primary N) is 1. The van der Waals surface area contributed by atoms with Crippen molar-refractivity contribution in [2.24, 2.45) is 0 Å². The Morgan fingerprint density at radius 1 is 1.09 bits per heavy atom. The topological polar surface area (TPSA) is 130 Å². The number of rotatable bonds is 9. The molecule has 0 aliphatic rings. The molecule has 11 heteroatoms. The fourth-order valence-electron chi connectivity index (χ4n) is 2.95. The number of amides is 2. The number of benzene rings is 2. The number of nitrogen functional groups attached to an aromatic ring is 1. The molecule has 34 heavy (non-hydrogen) atoms. The Kier molecular flexibility index (Phi) is 8.36. The van der Waals surface area contributed by atoms with Gasteiger partial charge in [-0.1, -0.05) is 37.2 Å². The first-order valence-electron chi connectivity index (χ1n) is 10.4. The highest BCUT2D eigenvalue weighted by molar-refractivity contribution is 7.99. The van der Waals surface area contributed by atoms with E-state index in [4.69, 9.17) is 5.73 Å². The van der Waals surface area contributed by atoms with E-state index < -0.39 is 23.1 Å². The quantitative estimate of drug-likeness (QED) is 0.267. The summed E-state index contributed by atoms with van der Waals surface area (Å²) in [5.41, 5.74) is 6.34. The van der Waals surface area contributed by atoms with Gasteiger partial charge in [-0.3, -0.25) is 19.4 Å². The van der Waals surface area contributed by atoms with Crippen molar-refractivity contribution >= 4 is 40.8 Å². The highest BCUT2D eigenvalue weighted by Crippen LogP contribution is 2.19. The molecule has 5 N–H and O–H groups in total. The van der Waals surface area contributed by atoms with Crippen molar-refractivity contribution in [1.82, 2.24) is 9.97 Å². The number of nitrogens with one attached hydrogen (secondary N) is 3. The van der Waals surface area contributed by atoms with Gasteiger partial charge in [0.1, 0.15) is 5.69 Å². The van der Waals surface area contributed by atoms with Gasteiger partial charge in [-0.25, -0.2) is 13.8 Å². The SMILES string of the molecule is CCCCc1ccc(NC(=O)CSc2nc(N)c(NC(=O)c3ccc(F)c(F)c3)c(=O)[nH]2)cc1. The molecule has 0 saturated carbocycles. The summed E-state index contributed by atoms with van der Waals surface area (Å²) in [6.45, 7) is 2.13. The Morgan fingerprint density at radius 2 is 1.82 bits per heavy atom. The van der Waals surface area contributed by atoms with Crippen molar-refractivity contribution in [2.75, 3.05) is 22.1 Å². The lowest BCUT2D eigenvalue weighted by molar-refractivity contribution is -0.113. The molecule has 1 heterocycles. The van der Waals surface area contributed by atoms with Crippen LogP contribution in [0, 0.1) is 11.6 Å². The fraction of sp³-hybridized carbons (Fsp3) is 0.217. The first-order valence-corrected chi connectivity index (χ1v) is 11.4. The number of thioether (sulfide) groups is 1. The second-order valence-electron chi connectivity index (χ2n) is 7.35. The van der Waals surface area contributed by atoms with Gasteiger partial charge < -0.3 is 16.4 Å². The number of aromatic amines is 1. The highest BCUT2D eigenvalue weighted by Gasteiger charge is 2.16. The van der Waals surface area contributed by atoms with E-state index >= 15 is 0 Å². The van der Waals surface area contributed by atoms with Gasteiger partial charge in [0.05, 0.1) is 5.75 Å². The third kappa shape index (κ3) is 6.64. The molecule has 0 radical (unpaired) electrons. The van der Waals surface area contributed by atoms with Crippen molar-refractivity contribution in [3.05, 3.63) is 75.6 Å². The maximum Gasteiger partial charge on any atom is 0.277 e. The van der Waals surface area contributed by atoms with Crippen LogP contribution in [0.5, 0.6) is 0 Å². The van der Waals surface area contributed by atoms with Crippen LogP contribution in [-0.2, 0) is 11.2 Å². The Hall–Kier alpha value is -3.73. The van der Waals surface area contributed by atoms with Gasteiger partial charge in [0.25, 0.3) is 11.5 Å². The van der Waals surface area contributed by atoms with Crippen LogP contribution < -0.4 is 21.9 Å². The first-order chi connectivity index (χ1) is 16.3. The Labute approximate surface area is 198 Å². The van der Waals surface area contributed by atoms with E-state index in [1.165, 1.54) is 5.56 Å². The van der Waals surface area contributed by atoms with Crippen LogP contribution >= 0.6 is 11.8 Å². The Balaban J connectivity index is 1.59. The number of hydrogen-bond donors (Lipinski definition) is 4. The standard InChI is InChI=1S/C23H23F2N5O3S/c1-2-3-4-13-5-8-15(9-6-13)27-18(31)12-34-23-29-20(26)19(22(33)30-23)28-21(32)14-7-10-16(24)17(25)11-14/h5-11H,2-4,12H2,1H3,(H,27,31)(H,28,32)(H3,26,29,30,33). The van der Waals surface area contributed by atoms with Crippen molar-refractivity contribution in [1.29, 1.82) is 0 Å². The molecule has 2 amide bonds. The zero-order valence-corrected chi connectivity index (χ0v) is 19.1. The summed E-state index contributed by atoms with van der Waals surface area (Å²) >= 11 is 0.955. The van der Waals surface area contributed by atoms with Crippen molar-refractivity contribution < 1.29 is 18.4 Å². The van der Waals surface area contributed by atoms with Crippen molar-refractivity contribution in [2.45, 2.75) is 31.3 Å². The molecule has 1 aromatic heterocycles. The van der Waals surface area contributed by atoms with Crippen LogP contribution in [0.3, 0.4) is 0 Å². The normalized spacial score (nSPS) is 10.7. The number of carbonyl (C=O) groups excluding carboxylic acids is 2. The van der Waals surface area contributed by atoms with E-state index in [0.717, 1.165) is 43.2 Å². The van der Waals surface area contributed by atoms with E-state index in [1.807, 2.05) is 24.3 Å². The van der Waals surface area contributed by atoms with Crippen LogP contribution in [0.4, 0.5) is 26.0 Å². The number of hydrogen-bond acceptors (Lipinski definition) is 6. The predicted molar refractivity (Wildman–Crippen MR) is 128 cm³/mol. The van der Waals surface area contributed by atoms with E-state index in [9.17, 15) is 23.2 Å². The second kappa shape index (κ2) is 11.4. The molecule has 0 aliphatic carbocycles. The molecule has 0 bridgehead atoms. The minimum atomic E-state index is -1.20. The lowest BCUT2D eigenvalue weighted by Gasteiger charge is -2.09. The maximum atomic E-state index is 13.3. The van der Waals surface area contributed by atoms with E-state index in [2.05, 4.69) is 27.5 Å². The van der Waals surface area contributed by atoms with Gasteiger partial charge in [-0.05, 0) is 48.7 Å². The van der Waals surface area contributed by atoms with E-state index in [-0.39, 0.29) is 33.9 Å². The molecule has 0 spiro atoms. The molecule has 3 aromatic rings. The van der Waals surface area contributed by atoms with Gasteiger partial charge in [0, 0.05) is 11.3 Å². The summed E-state index contributed by atoms with van der Waals surface area (Å²) in [5.74, 6) is -3.80. The molecule has 0 fully saturated rings. The number of aromatic nitrogens is 2. The Bertz CT molecular complexity index is 1250. The van der Waals surface area contributed by atoms with Crippen molar-refractivity contribution in [3.8, 4) is 0 Å². The summed E-state index contributed by atoms with van der Waals surface area (Å²) in [4.78, 5) is 43.2. The number of anilines is 3. The monoisotopic (exact) mass is 487 g/mol. The number of unbranched alkanes of at least 4 members (excludes halogenated alkanes) is 1. The minimum absolute atomic E-state index is 0.0411. The maximum absolute atomic E-state index is 13.3. The molecule has 8 nitrogen and oxygen atoms in total. The zero-order valence-electron chi connectivity index (χ0n) is 18.3. The van der Waals surface area contributed by atoms with Crippen LogP contribution in [0.1, 0.15) is 35.7 Å². The number of nitrogens with zero attached hydrogens (tertiary/aromatic N) is 1. The highest BCUT2D eigenvalue weighted by atomic mass is 32.2. The number of halogens is 2. The third-order valence-corrected chi connectivity index (χ3v) is 5.62. The van der Waals surface area contributed by atoms with Gasteiger partial charge in [0.15, 0.2) is 22.6 Å². The number of aryl methyl sites for hydroxylation is 1. The number of carbonyl (C=O) groups is 2. The van der Waals surface area contributed by atoms with Crippen LogP contribution in [-0.4, -0.2) is 27.5 Å². The van der Waals surface area contributed by atoms with E-state index in [1.54, 1.807) is 0 Å². The fourth-order valence-corrected chi connectivity index (χ4v) is 3.62. The van der Waals surface area contributed by atoms with Gasteiger partial charge in [-0.15, -0.1) is 0 Å². The summed E-state index contributed by atoms with van der Waals surface area (Å²) in [7, 11) is 0. The van der Waals surface area contributed by atoms with Gasteiger partial charge in [-0.2, -0.15) is 0 Å². The smallest absolute Gasteiger partial charge is 0.277 e. The summed E-state index contributed by atoms with van der Waals surface area (Å²) in [6.07, 6.45) is 3.19.